The first kappa shape index (κ1) is 26.1. The molecule has 32 heavy (non-hydrogen) atoms. The number of halogens is 1. The molecule has 3 heteroatoms. The fourth-order valence-electron chi connectivity index (χ4n) is 4.88. The zero-order chi connectivity index (χ0) is 23.2. The Kier molecular flexibility index (Phi) is 12.1. The molecular formula is C29H41FN2. The van der Waals surface area contributed by atoms with E-state index < -0.39 is 6.17 Å². The summed E-state index contributed by atoms with van der Waals surface area (Å²) in [6.07, 6.45) is 7.95. The molecule has 0 aliphatic heterocycles. The van der Waals surface area contributed by atoms with Gasteiger partial charge in [0.1, 0.15) is 6.17 Å². The van der Waals surface area contributed by atoms with Gasteiger partial charge >= 0.3 is 0 Å². The molecule has 1 aliphatic carbocycles. The van der Waals surface area contributed by atoms with Crippen LogP contribution < -0.4 is 0 Å². The second-order valence-corrected chi connectivity index (χ2v) is 8.89. The molecule has 3 rings (SSSR count). The topological polar surface area (TPSA) is 27.0 Å². The van der Waals surface area contributed by atoms with E-state index in [1.54, 1.807) is 6.07 Å². The first-order valence-electron chi connectivity index (χ1n) is 12.4. The lowest BCUT2D eigenvalue weighted by atomic mass is 9.94. The summed E-state index contributed by atoms with van der Waals surface area (Å²) in [5.74, 6) is 0.130. The van der Waals surface area contributed by atoms with Gasteiger partial charge in [-0.05, 0) is 74.6 Å². The van der Waals surface area contributed by atoms with E-state index in [9.17, 15) is 4.39 Å². The van der Waals surface area contributed by atoms with Gasteiger partial charge in [0.05, 0.1) is 6.07 Å². The van der Waals surface area contributed by atoms with Crippen LogP contribution in [0.15, 0.2) is 54.6 Å². The van der Waals surface area contributed by atoms with E-state index in [1.807, 2.05) is 0 Å². The lowest BCUT2D eigenvalue weighted by Crippen LogP contribution is -2.37. The zero-order valence-corrected chi connectivity index (χ0v) is 20.3. The predicted molar refractivity (Wildman–Crippen MR) is 134 cm³/mol. The highest BCUT2D eigenvalue weighted by Crippen LogP contribution is 2.36. The van der Waals surface area contributed by atoms with Crippen LogP contribution in [0, 0.1) is 11.3 Å². The molecule has 1 aliphatic rings. The second kappa shape index (κ2) is 14.8. The molecule has 0 aromatic heterocycles. The van der Waals surface area contributed by atoms with Gasteiger partial charge in [0.2, 0.25) is 0 Å². The second-order valence-electron chi connectivity index (χ2n) is 8.89. The molecule has 3 atom stereocenters. The summed E-state index contributed by atoms with van der Waals surface area (Å²) < 4.78 is 14.0. The Hall–Kier alpha value is -2.18. The van der Waals surface area contributed by atoms with Crippen molar-refractivity contribution in [2.75, 3.05) is 13.1 Å². The van der Waals surface area contributed by atoms with Crippen molar-refractivity contribution in [2.45, 2.75) is 90.3 Å². The minimum absolute atomic E-state index is 0.130. The number of nitriles is 1. The molecule has 2 nitrogen and oxygen atoms in total. The number of hydrogen-bond acceptors (Lipinski definition) is 2. The number of aryl methyl sites for hydroxylation is 1. The summed E-state index contributed by atoms with van der Waals surface area (Å²) in [4.78, 5) is 2.69. The molecule has 1 saturated carbocycles. The quantitative estimate of drug-likeness (QED) is 0.365. The van der Waals surface area contributed by atoms with Crippen molar-refractivity contribution in [1.29, 1.82) is 5.26 Å². The minimum Gasteiger partial charge on any atom is -0.300 e. The average Bonchev–Trinajstić information content (AvgIpc) is 3.25. The van der Waals surface area contributed by atoms with E-state index in [4.69, 9.17) is 5.26 Å². The third kappa shape index (κ3) is 8.40. The first-order valence-corrected chi connectivity index (χ1v) is 12.4. The third-order valence-electron chi connectivity index (χ3n) is 6.63. The highest BCUT2D eigenvalue weighted by atomic mass is 19.1. The van der Waals surface area contributed by atoms with Gasteiger partial charge in [-0.2, -0.15) is 5.26 Å². The maximum absolute atomic E-state index is 14.0. The van der Waals surface area contributed by atoms with Crippen LogP contribution in [0.2, 0.25) is 0 Å². The summed E-state index contributed by atoms with van der Waals surface area (Å²) in [6, 6.07) is 22.0. The van der Waals surface area contributed by atoms with Gasteiger partial charge in [0, 0.05) is 25.4 Å². The van der Waals surface area contributed by atoms with E-state index in [1.165, 1.54) is 49.4 Å². The van der Waals surface area contributed by atoms with Crippen LogP contribution in [-0.2, 0) is 12.8 Å². The molecule has 0 spiro atoms. The SMILES string of the molecule is CC#N.CCCN(CCc1ccccc1)C(CC)CCc1ccc(C2CCCC2F)cc1. The monoisotopic (exact) mass is 436 g/mol. The van der Waals surface area contributed by atoms with E-state index in [0.717, 1.165) is 38.6 Å². The summed E-state index contributed by atoms with van der Waals surface area (Å²) in [7, 11) is 0. The summed E-state index contributed by atoms with van der Waals surface area (Å²) in [5, 5.41) is 7.32. The van der Waals surface area contributed by atoms with Crippen LogP contribution in [-0.4, -0.2) is 30.2 Å². The Labute approximate surface area is 195 Å². The van der Waals surface area contributed by atoms with Crippen molar-refractivity contribution >= 4 is 0 Å². The van der Waals surface area contributed by atoms with Gasteiger partial charge in [0.15, 0.2) is 0 Å². The molecule has 0 amide bonds. The molecule has 0 heterocycles. The first-order chi connectivity index (χ1) is 15.6. The van der Waals surface area contributed by atoms with Crippen molar-refractivity contribution in [3.8, 4) is 6.07 Å². The van der Waals surface area contributed by atoms with Gasteiger partial charge in [-0.25, -0.2) is 4.39 Å². The molecule has 2 aromatic carbocycles. The zero-order valence-electron chi connectivity index (χ0n) is 20.3. The minimum atomic E-state index is -0.641. The molecule has 3 unspecified atom stereocenters. The van der Waals surface area contributed by atoms with E-state index in [-0.39, 0.29) is 5.92 Å². The highest BCUT2D eigenvalue weighted by Gasteiger charge is 2.28. The number of hydrogen-bond donors (Lipinski definition) is 0. The molecule has 0 N–H and O–H groups in total. The number of nitrogens with zero attached hydrogens (tertiary/aromatic N) is 2. The lowest BCUT2D eigenvalue weighted by molar-refractivity contribution is 0.183. The molecule has 0 bridgehead atoms. The summed E-state index contributed by atoms with van der Waals surface area (Å²) >= 11 is 0. The number of benzene rings is 2. The molecule has 1 fully saturated rings. The predicted octanol–water partition coefficient (Wildman–Crippen LogP) is 7.49. The van der Waals surface area contributed by atoms with Crippen LogP contribution in [0.1, 0.15) is 81.9 Å². The maximum atomic E-state index is 14.0. The van der Waals surface area contributed by atoms with E-state index >= 15 is 0 Å². The maximum Gasteiger partial charge on any atom is 0.107 e. The smallest absolute Gasteiger partial charge is 0.107 e. The Balaban J connectivity index is 0.00000114. The van der Waals surface area contributed by atoms with Crippen molar-refractivity contribution in [3.63, 3.8) is 0 Å². The fraction of sp³-hybridized carbons (Fsp3) is 0.552. The fourth-order valence-corrected chi connectivity index (χ4v) is 4.88. The Morgan fingerprint density at radius 1 is 0.969 bits per heavy atom. The molecule has 0 radical (unpaired) electrons. The van der Waals surface area contributed by atoms with Gasteiger partial charge < -0.3 is 4.90 Å². The van der Waals surface area contributed by atoms with Crippen LogP contribution >= 0.6 is 0 Å². The normalized spacial score (nSPS) is 18.6. The average molecular weight is 437 g/mol. The third-order valence-corrected chi connectivity index (χ3v) is 6.63. The highest BCUT2D eigenvalue weighted by molar-refractivity contribution is 5.27. The summed E-state index contributed by atoms with van der Waals surface area (Å²) in [6.45, 7) is 8.33. The van der Waals surface area contributed by atoms with Crippen molar-refractivity contribution in [2.24, 2.45) is 0 Å². The van der Waals surface area contributed by atoms with Crippen LogP contribution in [0.5, 0.6) is 0 Å². The van der Waals surface area contributed by atoms with Gasteiger partial charge in [-0.1, -0.05) is 68.4 Å². The van der Waals surface area contributed by atoms with Gasteiger partial charge in [-0.15, -0.1) is 0 Å². The van der Waals surface area contributed by atoms with E-state index in [0.29, 0.717) is 6.04 Å². The Morgan fingerprint density at radius 2 is 1.62 bits per heavy atom. The van der Waals surface area contributed by atoms with Crippen molar-refractivity contribution in [1.82, 2.24) is 4.90 Å². The Bertz CT molecular complexity index is 781. The van der Waals surface area contributed by atoms with Gasteiger partial charge in [-0.3, -0.25) is 0 Å². The summed E-state index contributed by atoms with van der Waals surface area (Å²) in [5.41, 5.74) is 4.01. The van der Waals surface area contributed by atoms with Crippen LogP contribution in [0.25, 0.3) is 0 Å². The molecular weight excluding hydrogens is 395 g/mol. The molecule has 174 valence electrons. The largest absolute Gasteiger partial charge is 0.300 e. The van der Waals surface area contributed by atoms with Gasteiger partial charge in [0.25, 0.3) is 0 Å². The van der Waals surface area contributed by atoms with Crippen molar-refractivity contribution in [3.05, 3.63) is 71.3 Å². The number of rotatable bonds is 11. The molecule has 0 saturated heterocycles. The van der Waals surface area contributed by atoms with Crippen LogP contribution in [0.4, 0.5) is 4.39 Å². The van der Waals surface area contributed by atoms with Crippen LogP contribution in [0.3, 0.4) is 0 Å². The van der Waals surface area contributed by atoms with E-state index in [2.05, 4.69) is 73.3 Å². The standard InChI is InChI=1S/C27H38FN.C2H3N/c1-3-20-29(21-19-22-9-6-5-7-10-22)25(4-2)18-15-23-13-16-24(17-14-23)26-11-8-12-27(26)28;1-2-3/h5-7,9-10,13-14,16-17,25-27H,3-4,8,11-12,15,18-21H2,1-2H3;1H3. The number of alkyl halides is 1. The Morgan fingerprint density at radius 3 is 2.19 bits per heavy atom. The lowest BCUT2D eigenvalue weighted by Gasteiger charge is -2.31. The van der Waals surface area contributed by atoms with Crippen molar-refractivity contribution < 1.29 is 4.39 Å². The molecule has 2 aromatic rings.